The highest BCUT2D eigenvalue weighted by atomic mass is 32.1. The molecule has 4 nitrogen and oxygen atoms in total. The molecule has 26 heavy (non-hydrogen) atoms. The van der Waals surface area contributed by atoms with Gasteiger partial charge in [-0.15, -0.1) is 11.3 Å². The summed E-state index contributed by atoms with van der Waals surface area (Å²) in [5, 5.41) is 3.17. The minimum absolute atomic E-state index is 0.0608. The number of hydrogen-bond donors (Lipinski definition) is 1. The summed E-state index contributed by atoms with van der Waals surface area (Å²) in [5.74, 6) is 1.74. The Morgan fingerprint density at radius 1 is 1.38 bits per heavy atom. The lowest BCUT2D eigenvalue weighted by Crippen LogP contribution is -2.40. The van der Waals surface area contributed by atoms with Crippen LogP contribution in [0.1, 0.15) is 64.5 Å². The molecule has 2 atom stereocenters. The first-order chi connectivity index (χ1) is 12.7. The van der Waals surface area contributed by atoms with Gasteiger partial charge in [0.25, 0.3) is 5.91 Å². The summed E-state index contributed by atoms with van der Waals surface area (Å²) in [6.07, 6.45) is 8.95. The summed E-state index contributed by atoms with van der Waals surface area (Å²) in [6, 6.07) is 6.21. The van der Waals surface area contributed by atoms with Crippen molar-refractivity contribution < 1.29 is 9.21 Å². The van der Waals surface area contributed by atoms with E-state index in [1.165, 1.54) is 36.1 Å². The van der Waals surface area contributed by atoms with Crippen LogP contribution in [0, 0.1) is 5.92 Å². The Morgan fingerprint density at radius 2 is 2.23 bits per heavy atom. The Labute approximate surface area is 159 Å². The second-order valence-electron chi connectivity index (χ2n) is 7.74. The average Bonchev–Trinajstić information content (AvgIpc) is 3.32. The van der Waals surface area contributed by atoms with Crippen LogP contribution in [0.25, 0.3) is 0 Å². The second-order valence-corrected chi connectivity index (χ2v) is 8.88. The maximum absolute atomic E-state index is 12.8. The largest absolute Gasteiger partial charge is 0.468 e. The number of thiophene rings is 1. The number of amides is 1. The van der Waals surface area contributed by atoms with E-state index in [4.69, 9.17) is 4.42 Å². The number of carbonyl (C=O) groups excluding carboxylic acids is 1. The van der Waals surface area contributed by atoms with Crippen molar-refractivity contribution in [2.45, 2.75) is 51.5 Å². The summed E-state index contributed by atoms with van der Waals surface area (Å²) in [6.45, 7) is 5.05. The number of nitrogens with one attached hydrogen (secondary N) is 1. The number of rotatable bonds is 5. The van der Waals surface area contributed by atoms with E-state index in [1.54, 1.807) is 17.6 Å². The highest BCUT2D eigenvalue weighted by Gasteiger charge is 2.26. The van der Waals surface area contributed by atoms with Crippen molar-refractivity contribution in [1.82, 2.24) is 10.2 Å². The van der Waals surface area contributed by atoms with Crippen LogP contribution in [0.15, 0.2) is 28.9 Å². The van der Waals surface area contributed by atoms with Gasteiger partial charge in [-0.1, -0.05) is 13.3 Å². The normalized spacial score (nSPS) is 22.0. The Hall–Kier alpha value is -1.59. The van der Waals surface area contributed by atoms with E-state index in [0.29, 0.717) is 6.54 Å². The number of aryl methyl sites for hydroxylation is 1. The van der Waals surface area contributed by atoms with Crippen LogP contribution in [-0.2, 0) is 12.8 Å². The third-order valence-corrected chi connectivity index (χ3v) is 6.95. The molecule has 0 radical (unpaired) electrons. The van der Waals surface area contributed by atoms with Gasteiger partial charge in [0, 0.05) is 11.4 Å². The number of nitrogens with zero attached hydrogens (tertiary/aromatic N) is 1. The number of furan rings is 1. The SMILES string of the molecule is C[C@H]1CCc2sc(C(=O)NC[C@H](c3ccco3)N3CCCCC3)cc2C1. The van der Waals surface area contributed by atoms with Crippen molar-refractivity contribution in [2.24, 2.45) is 5.92 Å². The van der Waals surface area contributed by atoms with Gasteiger partial charge in [0.05, 0.1) is 17.2 Å². The van der Waals surface area contributed by atoms with Gasteiger partial charge in [-0.25, -0.2) is 0 Å². The molecule has 5 heteroatoms. The molecule has 0 bridgehead atoms. The first kappa shape index (κ1) is 17.8. The number of fused-ring (bicyclic) bond motifs is 1. The first-order valence-electron chi connectivity index (χ1n) is 9.88. The maximum Gasteiger partial charge on any atom is 0.261 e. The highest BCUT2D eigenvalue weighted by Crippen LogP contribution is 2.32. The van der Waals surface area contributed by atoms with Gasteiger partial charge in [-0.2, -0.15) is 0 Å². The van der Waals surface area contributed by atoms with E-state index < -0.39 is 0 Å². The second kappa shape index (κ2) is 7.97. The fourth-order valence-electron chi connectivity index (χ4n) is 4.21. The predicted molar refractivity (Wildman–Crippen MR) is 105 cm³/mol. The third kappa shape index (κ3) is 3.89. The van der Waals surface area contributed by atoms with Crippen molar-refractivity contribution in [1.29, 1.82) is 0 Å². The molecule has 0 spiro atoms. The zero-order valence-electron chi connectivity index (χ0n) is 15.5. The van der Waals surface area contributed by atoms with E-state index in [-0.39, 0.29) is 11.9 Å². The van der Waals surface area contributed by atoms with E-state index in [2.05, 4.69) is 23.2 Å². The first-order valence-corrected chi connectivity index (χ1v) is 10.7. The summed E-state index contributed by atoms with van der Waals surface area (Å²) >= 11 is 1.68. The Balaban J connectivity index is 1.43. The molecule has 1 saturated heterocycles. The molecule has 1 fully saturated rings. The molecule has 2 aromatic rings. The highest BCUT2D eigenvalue weighted by molar-refractivity contribution is 7.14. The fraction of sp³-hybridized carbons (Fsp3) is 0.571. The molecule has 0 saturated carbocycles. The molecule has 0 aromatic carbocycles. The molecule has 140 valence electrons. The van der Waals surface area contributed by atoms with E-state index >= 15 is 0 Å². The van der Waals surface area contributed by atoms with E-state index in [1.807, 2.05) is 12.1 Å². The molecule has 1 amide bonds. The van der Waals surface area contributed by atoms with Crippen LogP contribution in [-0.4, -0.2) is 30.4 Å². The molecule has 3 heterocycles. The van der Waals surface area contributed by atoms with Gasteiger partial charge in [0.2, 0.25) is 0 Å². The van der Waals surface area contributed by atoms with Gasteiger partial charge in [-0.05, 0) is 74.9 Å². The standard InChI is InChI=1S/C21H28N2O2S/c1-15-7-8-19-16(12-15)13-20(26-19)21(24)22-14-17(18-6-5-11-25-18)23-9-3-2-4-10-23/h5-6,11,13,15,17H,2-4,7-10,12,14H2,1H3,(H,22,24)/t15-,17+/m0/s1. The number of likely N-dealkylation sites (tertiary alicyclic amines) is 1. The van der Waals surface area contributed by atoms with Crippen LogP contribution in [0.4, 0.5) is 0 Å². The summed E-state index contributed by atoms with van der Waals surface area (Å²) in [5.41, 5.74) is 1.39. The van der Waals surface area contributed by atoms with Gasteiger partial charge in [0.1, 0.15) is 5.76 Å². The Bertz CT molecular complexity index is 731. The molecule has 0 unspecified atom stereocenters. The summed E-state index contributed by atoms with van der Waals surface area (Å²) in [7, 11) is 0. The molecule has 2 aromatic heterocycles. The third-order valence-electron chi connectivity index (χ3n) is 5.71. The van der Waals surface area contributed by atoms with Crippen LogP contribution in [0.5, 0.6) is 0 Å². The van der Waals surface area contributed by atoms with Crippen molar-refractivity contribution in [3.63, 3.8) is 0 Å². The summed E-state index contributed by atoms with van der Waals surface area (Å²) < 4.78 is 5.67. The zero-order valence-corrected chi connectivity index (χ0v) is 16.3. The van der Waals surface area contributed by atoms with Gasteiger partial charge >= 0.3 is 0 Å². The lowest BCUT2D eigenvalue weighted by atomic mass is 9.90. The van der Waals surface area contributed by atoms with Crippen molar-refractivity contribution in [3.8, 4) is 0 Å². The van der Waals surface area contributed by atoms with Crippen LogP contribution in [0.3, 0.4) is 0 Å². The Kier molecular flexibility index (Phi) is 5.46. The minimum atomic E-state index is 0.0608. The molecular weight excluding hydrogens is 344 g/mol. The van der Waals surface area contributed by atoms with Gasteiger partial charge in [-0.3, -0.25) is 9.69 Å². The number of piperidine rings is 1. The lowest BCUT2D eigenvalue weighted by Gasteiger charge is -2.33. The average molecular weight is 373 g/mol. The number of hydrogen-bond acceptors (Lipinski definition) is 4. The minimum Gasteiger partial charge on any atom is -0.468 e. The molecule has 1 aliphatic carbocycles. The zero-order chi connectivity index (χ0) is 17.9. The predicted octanol–water partition coefficient (Wildman–Crippen LogP) is 4.42. The van der Waals surface area contributed by atoms with Crippen LogP contribution in [0.2, 0.25) is 0 Å². The van der Waals surface area contributed by atoms with Gasteiger partial charge in [0.15, 0.2) is 0 Å². The Morgan fingerprint density at radius 3 is 3.00 bits per heavy atom. The van der Waals surface area contributed by atoms with E-state index in [9.17, 15) is 4.79 Å². The van der Waals surface area contributed by atoms with Crippen molar-refractivity contribution in [2.75, 3.05) is 19.6 Å². The van der Waals surface area contributed by atoms with Crippen LogP contribution >= 0.6 is 11.3 Å². The van der Waals surface area contributed by atoms with Crippen molar-refractivity contribution in [3.05, 3.63) is 45.5 Å². The quantitative estimate of drug-likeness (QED) is 0.845. The van der Waals surface area contributed by atoms with Crippen LogP contribution < -0.4 is 5.32 Å². The topological polar surface area (TPSA) is 45.5 Å². The van der Waals surface area contributed by atoms with Crippen molar-refractivity contribution >= 4 is 17.2 Å². The lowest BCUT2D eigenvalue weighted by molar-refractivity contribution is 0.0918. The molecular formula is C21H28N2O2S. The molecule has 4 rings (SSSR count). The fourth-order valence-corrected chi connectivity index (χ4v) is 5.34. The van der Waals surface area contributed by atoms with Gasteiger partial charge < -0.3 is 9.73 Å². The summed E-state index contributed by atoms with van der Waals surface area (Å²) in [4.78, 5) is 17.5. The monoisotopic (exact) mass is 372 g/mol. The molecule has 2 aliphatic rings. The van der Waals surface area contributed by atoms with E-state index in [0.717, 1.165) is 42.5 Å². The molecule has 1 aliphatic heterocycles. The molecule has 1 N–H and O–H groups in total. The maximum atomic E-state index is 12.8. The number of carbonyl (C=O) groups is 1. The smallest absolute Gasteiger partial charge is 0.261 e.